The molecule has 1 rings (SSSR count). The van der Waals surface area contributed by atoms with Crippen molar-refractivity contribution in [2.45, 2.75) is 13.0 Å². The van der Waals surface area contributed by atoms with E-state index in [2.05, 4.69) is 10.3 Å². The number of anilines is 1. The molecule has 0 atom stereocenters. The third-order valence-electron chi connectivity index (χ3n) is 1.61. The lowest BCUT2D eigenvalue weighted by Gasteiger charge is -2.02. The fourth-order valence-corrected chi connectivity index (χ4v) is 0.877. The van der Waals surface area contributed by atoms with E-state index in [1.807, 2.05) is 0 Å². The van der Waals surface area contributed by atoms with Crippen LogP contribution >= 0.6 is 0 Å². The first-order chi connectivity index (χ1) is 5.74. The van der Waals surface area contributed by atoms with Crippen molar-refractivity contribution in [2.75, 3.05) is 12.8 Å². The van der Waals surface area contributed by atoms with Gasteiger partial charge in [0.2, 0.25) is 5.91 Å². The van der Waals surface area contributed by atoms with Gasteiger partial charge in [0.15, 0.2) is 5.95 Å². The van der Waals surface area contributed by atoms with Crippen molar-refractivity contribution in [3.05, 3.63) is 12.4 Å². The maximum absolute atomic E-state index is 10.8. The Labute approximate surface area is 70.6 Å². The molecule has 0 aliphatic rings. The zero-order valence-electron chi connectivity index (χ0n) is 6.95. The summed E-state index contributed by atoms with van der Waals surface area (Å²) in [5, 5.41) is 2.53. The van der Waals surface area contributed by atoms with Crippen LogP contribution in [0.2, 0.25) is 0 Å². The summed E-state index contributed by atoms with van der Waals surface area (Å²) in [6.07, 6.45) is 3.79. The van der Waals surface area contributed by atoms with E-state index in [1.54, 1.807) is 24.0 Å². The van der Waals surface area contributed by atoms with Gasteiger partial charge in [0, 0.05) is 32.4 Å². The number of rotatable bonds is 3. The normalized spacial score (nSPS) is 9.75. The summed E-state index contributed by atoms with van der Waals surface area (Å²) < 4.78 is 1.73. The van der Waals surface area contributed by atoms with E-state index >= 15 is 0 Å². The molecular weight excluding hydrogens is 156 g/mol. The van der Waals surface area contributed by atoms with Crippen LogP contribution in [-0.2, 0) is 11.3 Å². The zero-order valence-corrected chi connectivity index (χ0v) is 6.95. The number of aryl methyl sites for hydroxylation is 1. The number of carbonyl (C=O) groups is 1. The molecule has 5 heteroatoms. The minimum atomic E-state index is 0.00287. The van der Waals surface area contributed by atoms with Gasteiger partial charge in [-0.25, -0.2) is 4.98 Å². The molecule has 0 unspecified atom stereocenters. The van der Waals surface area contributed by atoms with Gasteiger partial charge in [-0.05, 0) is 0 Å². The Morgan fingerprint density at radius 2 is 2.58 bits per heavy atom. The second kappa shape index (κ2) is 3.75. The second-order valence-corrected chi connectivity index (χ2v) is 2.40. The van der Waals surface area contributed by atoms with Crippen LogP contribution in [0.15, 0.2) is 12.4 Å². The molecular formula is C7H12N4O. The van der Waals surface area contributed by atoms with Crippen LogP contribution in [-0.4, -0.2) is 22.5 Å². The third-order valence-corrected chi connectivity index (χ3v) is 1.61. The Morgan fingerprint density at radius 3 is 3.08 bits per heavy atom. The molecule has 0 saturated heterocycles. The number of nitrogens with one attached hydrogen (secondary N) is 1. The average molecular weight is 168 g/mol. The molecule has 0 fully saturated rings. The highest BCUT2D eigenvalue weighted by molar-refractivity contribution is 5.75. The molecule has 0 aliphatic heterocycles. The molecule has 0 aliphatic carbocycles. The van der Waals surface area contributed by atoms with Gasteiger partial charge in [0.05, 0.1) is 0 Å². The molecule has 0 radical (unpaired) electrons. The minimum absolute atomic E-state index is 0.00287. The number of amides is 1. The maximum atomic E-state index is 10.8. The van der Waals surface area contributed by atoms with E-state index in [-0.39, 0.29) is 5.91 Å². The molecule has 0 saturated carbocycles. The number of hydrogen-bond donors (Lipinski definition) is 2. The zero-order chi connectivity index (χ0) is 8.97. The average Bonchev–Trinajstić information content (AvgIpc) is 2.47. The molecule has 5 nitrogen and oxygen atoms in total. The van der Waals surface area contributed by atoms with Gasteiger partial charge in [-0.1, -0.05) is 0 Å². The lowest BCUT2D eigenvalue weighted by atomic mass is 10.4. The number of nitrogen functional groups attached to an aromatic ring is 1. The number of aromatic nitrogens is 2. The summed E-state index contributed by atoms with van der Waals surface area (Å²) >= 11 is 0. The first-order valence-corrected chi connectivity index (χ1v) is 3.71. The Balaban J connectivity index is 2.43. The van der Waals surface area contributed by atoms with Crippen LogP contribution < -0.4 is 11.1 Å². The van der Waals surface area contributed by atoms with Crippen molar-refractivity contribution in [2.24, 2.45) is 0 Å². The molecule has 1 heterocycles. The summed E-state index contributed by atoms with van der Waals surface area (Å²) in [6, 6.07) is 0. The summed E-state index contributed by atoms with van der Waals surface area (Å²) in [4.78, 5) is 14.7. The monoisotopic (exact) mass is 168 g/mol. The largest absolute Gasteiger partial charge is 0.369 e. The van der Waals surface area contributed by atoms with Crippen molar-refractivity contribution in [1.82, 2.24) is 14.9 Å². The van der Waals surface area contributed by atoms with Gasteiger partial charge in [-0.3, -0.25) is 4.79 Å². The molecule has 1 amide bonds. The Kier molecular flexibility index (Phi) is 2.68. The number of imidazole rings is 1. The van der Waals surface area contributed by atoms with Crippen LogP contribution in [0.25, 0.3) is 0 Å². The number of nitrogens with zero attached hydrogens (tertiary/aromatic N) is 2. The van der Waals surface area contributed by atoms with Gasteiger partial charge < -0.3 is 15.6 Å². The van der Waals surface area contributed by atoms with Crippen LogP contribution in [0.5, 0.6) is 0 Å². The number of hydrogen-bond acceptors (Lipinski definition) is 3. The molecule has 0 spiro atoms. The van der Waals surface area contributed by atoms with Crippen molar-refractivity contribution in [3.63, 3.8) is 0 Å². The lowest BCUT2D eigenvalue weighted by molar-refractivity contribution is -0.120. The SMILES string of the molecule is CNC(=O)CCn1ccnc1N. The summed E-state index contributed by atoms with van der Waals surface area (Å²) in [6.45, 7) is 0.575. The van der Waals surface area contributed by atoms with Crippen molar-refractivity contribution < 1.29 is 4.79 Å². The lowest BCUT2D eigenvalue weighted by Crippen LogP contribution is -2.19. The molecule has 0 bridgehead atoms. The molecule has 66 valence electrons. The van der Waals surface area contributed by atoms with Gasteiger partial charge in [0.1, 0.15) is 0 Å². The predicted molar refractivity (Wildman–Crippen MR) is 45.3 cm³/mol. The fourth-order valence-electron chi connectivity index (χ4n) is 0.877. The van der Waals surface area contributed by atoms with Crippen LogP contribution in [0.1, 0.15) is 6.42 Å². The van der Waals surface area contributed by atoms with E-state index in [0.717, 1.165) is 0 Å². The molecule has 0 aromatic carbocycles. The van der Waals surface area contributed by atoms with E-state index in [1.165, 1.54) is 0 Å². The molecule has 1 aromatic rings. The summed E-state index contributed by atoms with van der Waals surface area (Å²) in [7, 11) is 1.61. The van der Waals surface area contributed by atoms with E-state index in [4.69, 9.17) is 5.73 Å². The van der Waals surface area contributed by atoms with Gasteiger partial charge in [-0.15, -0.1) is 0 Å². The second-order valence-electron chi connectivity index (χ2n) is 2.40. The summed E-state index contributed by atoms with van der Waals surface area (Å²) in [5.74, 6) is 0.446. The van der Waals surface area contributed by atoms with Crippen molar-refractivity contribution >= 4 is 11.9 Å². The van der Waals surface area contributed by atoms with E-state index in [0.29, 0.717) is 18.9 Å². The number of nitrogens with two attached hydrogens (primary N) is 1. The topological polar surface area (TPSA) is 72.9 Å². The van der Waals surface area contributed by atoms with Crippen LogP contribution in [0.4, 0.5) is 5.95 Å². The highest BCUT2D eigenvalue weighted by Gasteiger charge is 2.00. The Bertz CT molecular complexity index is 268. The van der Waals surface area contributed by atoms with Crippen LogP contribution in [0.3, 0.4) is 0 Å². The van der Waals surface area contributed by atoms with Gasteiger partial charge in [0.25, 0.3) is 0 Å². The van der Waals surface area contributed by atoms with E-state index in [9.17, 15) is 4.79 Å². The smallest absolute Gasteiger partial charge is 0.221 e. The quantitative estimate of drug-likeness (QED) is 0.645. The molecule has 1 aromatic heterocycles. The maximum Gasteiger partial charge on any atom is 0.221 e. The van der Waals surface area contributed by atoms with Crippen molar-refractivity contribution in [1.29, 1.82) is 0 Å². The van der Waals surface area contributed by atoms with Crippen molar-refractivity contribution in [3.8, 4) is 0 Å². The highest BCUT2D eigenvalue weighted by atomic mass is 16.1. The van der Waals surface area contributed by atoms with Gasteiger partial charge in [-0.2, -0.15) is 0 Å². The summed E-state index contributed by atoms with van der Waals surface area (Å²) in [5.41, 5.74) is 5.49. The molecule has 12 heavy (non-hydrogen) atoms. The Hall–Kier alpha value is -1.52. The third kappa shape index (κ3) is 1.98. The minimum Gasteiger partial charge on any atom is -0.369 e. The first-order valence-electron chi connectivity index (χ1n) is 3.71. The van der Waals surface area contributed by atoms with E-state index < -0.39 is 0 Å². The molecule has 3 N–H and O–H groups in total. The fraction of sp³-hybridized carbons (Fsp3) is 0.429. The van der Waals surface area contributed by atoms with Crippen LogP contribution in [0, 0.1) is 0 Å². The predicted octanol–water partition coefficient (Wildman–Crippen LogP) is -0.399. The number of carbonyl (C=O) groups excluding carboxylic acids is 1. The first kappa shape index (κ1) is 8.58. The highest BCUT2D eigenvalue weighted by Crippen LogP contribution is 1.99. The Morgan fingerprint density at radius 1 is 1.83 bits per heavy atom. The van der Waals surface area contributed by atoms with Gasteiger partial charge >= 0.3 is 0 Å². The standard InChI is InChI=1S/C7H12N4O/c1-9-6(12)2-4-11-5-3-10-7(11)8/h3,5H,2,4H2,1H3,(H2,8,10)(H,9,12).